The average Bonchev–Trinajstić information content (AvgIpc) is 2.82. The summed E-state index contributed by atoms with van der Waals surface area (Å²) in [7, 11) is 0. The van der Waals surface area contributed by atoms with Crippen molar-refractivity contribution in [1.29, 1.82) is 0 Å². The highest BCUT2D eigenvalue weighted by Crippen LogP contribution is 2.09. The van der Waals surface area contributed by atoms with Crippen molar-refractivity contribution >= 4 is 11.6 Å². The van der Waals surface area contributed by atoms with Crippen LogP contribution >= 0.6 is 0 Å². The Morgan fingerprint density at radius 3 is 2.94 bits per heavy atom. The fourth-order valence-corrected chi connectivity index (χ4v) is 1.60. The van der Waals surface area contributed by atoms with Gasteiger partial charge in [-0.15, -0.1) is 0 Å². The van der Waals surface area contributed by atoms with E-state index in [1.807, 2.05) is 29.0 Å². The molecule has 0 radical (unpaired) electrons. The quantitative estimate of drug-likeness (QED) is 0.530. The summed E-state index contributed by atoms with van der Waals surface area (Å²) in [5.41, 5.74) is 2.52. The van der Waals surface area contributed by atoms with E-state index in [2.05, 4.69) is 27.6 Å². The number of imidazole rings is 1. The van der Waals surface area contributed by atoms with E-state index < -0.39 is 0 Å². The second kappa shape index (κ2) is 5.31. The predicted octanol–water partition coefficient (Wildman–Crippen LogP) is 1.06. The number of pyridine rings is 1. The number of nitrogens with two attached hydrogens (primary N) is 1. The summed E-state index contributed by atoms with van der Waals surface area (Å²) >= 11 is 0. The molecule has 2 rings (SSSR count). The number of hydrogen-bond donors (Lipinski definition) is 3. The normalized spacial score (nSPS) is 12.1. The molecule has 0 fully saturated rings. The third-order valence-electron chi connectivity index (χ3n) is 2.34. The number of anilines is 2. The zero-order chi connectivity index (χ0) is 12.1. The van der Waals surface area contributed by atoms with Crippen LogP contribution in [0.25, 0.3) is 0 Å². The average molecular weight is 232 g/mol. The molecule has 17 heavy (non-hydrogen) atoms. The maximum Gasteiger partial charge on any atom is 0.142 e. The SMILES string of the molecule is CC(Cn1ccnc1)Nc1cccc(NN)n1. The van der Waals surface area contributed by atoms with Gasteiger partial charge in [0, 0.05) is 25.0 Å². The molecule has 0 aromatic carbocycles. The molecule has 1 unspecified atom stereocenters. The van der Waals surface area contributed by atoms with Crippen LogP contribution in [0, 0.1) is 0 Å². The Labute approximate surface area is 99.9 Å². The monoisotopic (exact) mass is 232 g/mol. The van der Waals surface area contributed by atoms with Crippen molar-refractivity contribution in [2.75, 3.05) is 10.7 Å². The minimum atomic E-state index is 0.254. The highest BCUT2D eigenvalue weighted by atomic mass is 15.3. The fourth-order valence-electron chi connectivity index (χ4n) is 1.60. The van der Waals surface area contributed by atoms with Crippen LogP contribution in [0.1, 0.15) is 6.92 Å². The summed E-state index contributed by atoms with van der Waals surface area (Å²) in [6.07, 6.45) is 5.50. The molecule has 2 heterocycles. The van der Waals surface area contributed by atoms with E-state index in [-0.39, 0.29) is 6.04 Å². The smallest absolute Gasteiger partial charge is 0.142 e. The Hall–Kier alpha value is -2.08. The molecule has 2 aromatic rings. The lowest BCUT2D eigenvalue weighted by atomic mass is 10.3. The molecule has 0 aliphatic rings. The summed E-state index contributed by atoms with van der Waals surface area (Å²) in [4.78, 5) is 8.29. The van der Waals surface area contributed by atoms with Gasteiger partial charge in [-0.25, -0.2) is 15.8 Å². The highest BCUT2D eigenvalue weighted by molar-refractivity contribution is 5.44. The van der Waals surface area contributed by atoms with Crippen molar-refractivity contribution in [3.8, 4) is 0 Å². The maximum absolute atomic E-state index is 5.31. The fraction of sp³-hybridized carbons (Fsp3) is 0.273. The van der Waals surface area contributed by atoms with E-state index in [4.69, 9.17) is 5.84 Å². The molecule has 4 N–H and O–H groups in total. The van der Waals surface area contributed by atoms with Gasteiger partial charge in [-0.05, 0) is 19.1 Å². The minimum Gasteiger partial charge on any atom is -0.366 e. The van der Waals surface area contributed by atoms with Crippen LogP contribution < -0.4 is 16.6 Å². The van der Waals surface area contributed by atoms with Crippen LogP contribution in [-0.2, 0) is 6.54 Å². The number of nitrogen functional groups attached to an aromatic ring is 1. The molecule has 0 saturated carbocycles. The van der Waals surface area contributed by atoms with Gasteiger partial charge in [-0.2, -0.15) is 0 Å². The summed E-state index contributed by atoms with van der Waals surface area (Å²) in [5, 5.41) is 3.30. The Bertz CT molecular complexity index is 453. The first-order chi connectivity index (χ1) is 8.28. The molecule has 1 atom stereocenters. The zero-order valence-electron chi connectivity index (χ0n) is 9.67. The zero-order valence-corrected chi connectivity index (χ0v) is 9.67. The first-order valence-electron chi connectivity index (χ1n) is 5.44. The molecule has 6 heteroatoms. The Morgan fingerprint density at radius 1 is 1.41 bits per heavy atom. The van der Waals surface area contributed by atoms with Gasteiger partial charge in [-0.3, -0.25) is 0 Å². The van der Waals surface area contributed by atoms with Crippen LogP contribution in [0.5, 0.6) is 0 Å². The minimum absolute atomic E-state index is 0.254. The third-order valence-corrected chi connectivity index (χ3v) is 2.34. The standard InChI is InChI=1S/C11H16N6/c1-9(7-17-6-5-13-8-17)14-10-3-2-4-11(15-10)16-12/h2-6,8-9H,7,12H2,1H3,(H2,14,15,16). The summed E-state index contributed by atoms with van der Waals surface area (Å²) in [6, 6.07) is 5.87. The lowest BCUT2D eigenvalue weighted by molar-refractivity contribution is 0.617. The van der Waals surface area contributed by atoms with Crippen LogP contribution in [0.2, 0.25) is 0 Å². The van der Waals surface area contributed by atoms with Crippen molar-refractivity contribution < 1.29 is 0 Å². The first-order valence-corrected chi connectivity index (χ1v) is 5.44. The van der Waals surface area contributed by atoms with Crippen molar-refractivity contribution in [2.24, 2.45) is 5.84 Å². The summed E-state index contributed by atoms with van der Waals surface area (Å²) < 4.78 is 2.02. The molecule has 6 nitrogen and oxygen atoms in total. The van der Waals surface area contributed by atoms with Crippen molar-refractivity contribution in [3.05, 3.63) is 36.9 Å². The van der Waals surface area contributed by atoms with Crippen LogP contribution in [0.15, 0.2) is 36.9 Å². The molecule has 0 aliphatic carbocycles. The van der Waals surface area contributed by atoms with Crippen LogP contribution in [0.4, 0.5) is 11.6 Å². The molecule has 0 spiro atoms. The van der Waals surface area contributed by atoms with E-state index in [9.17, 15) is 0 Å². The number of nitrogens with one attached hydrogen (secondary N) is 2. The van der Waals surface area contributed by atoms with Crippen LogP contribution in [0.3, 0.4) is 0 Å². The Kier molecular flexibility index (Phi) is 3.56. The molecular weight excluding hydrogens is 216 g/mol. The number of aromatic nitrogens is 3. The molecule has 0 bridgehead atoms. The summed E-state index contributed by atoms with van der Waals surface area (Å²) in [6.45, 7) is 2.92. The van der Waals surface area contributed by atoms with Gasteiger partial charge in [-0.1, -0.05) is 6.07 Å². The van der Waals surface area contributed by atoms with Crippen molar-refractivity contribution in [2.45, 2.75) is 19.5 Å². The van der Waals surface area contributed by atoms with Gasteiger partial charge < -0.3 is 15.3 Å². The molecule has 2 aromatic heterocycles. The van der Waals surface area contributed by atoms with Gasteiger partial charge in [0.25, 0.3) is 0 Å². The van der Waals surface area contributed by atoms with Crippen molar-refractivity contribution in [3.63, 3.8) is 0 Å². The van der Waals surface area contributed by atoms with Gasteiger partial charge in [0.05, 0.1) is 6.33 Å². The molecular formula is C11H16N6. The molecule has 90 valence electrons. The molecule has 0 saturated heterocycles. The van der Waals surface area contributed by atoms with Crippen molar-refractivity contribution in [1.82, 2.24) is 14.5 Å². The van der Waals surface area contributed by atoms with E-state index >= 15 is 0 Å². The topological polar surface area (TPSA) is 80.8 Å². The van der Waals surface area contributed by atoms with Crippen LogP contribution in [-0.4, -0.2) is 20.6 Å². The second-order valence-corrected chi connectivity index (χ2v) is 3.86. The first kappa shape index (κ1) is 11.4. The maximum atomic E-state index is 5.31. The van der Waals surface area contributed by atoms with E-state index in [1.54, 1.807) is 12.5 Å². The number of hydrogen-bond acceptors (Lipinski definition) is 5. The molecule has 0 amide bonds. The number of nitrogens with zero attached hydrogens (tertiary/aromatic N) is 3. The van der Waals surface area contributed by atoms with E-state index in [0.29, 0.717) is 5.82 Å². The lowest BCUT2D eigenvalue weighted by Gasteiger charge is -2.15. The van der Waals surface area contributed by atoms with E-state index in [0.717, 1.165) is 12.4 Å². The third kappa shape index (κ3) is 3.18. The predicted molar refractivity (Wildman–Crippen MR) is 67.4 cm³/mol. The van der Waals surface area contributed by atoms with E-state index in [1.165, 1.54) is 0 Å². The van der Waals surface area contributed by atoms with Gasteiger partial charge in [0.15, 0.2) is 0 Å². The number of rotatable bonds is 5. The van der Waals surface area contributed by atoms with Gasteiger partial charge >= 0.3 is 0 Å². The van der Waals surface area contributed by atoms with Gasteiger partial charge in [0.1, 0.15) is 11.6 Å². The summed E-state index contributed by atoms with van der Waals surface area (Å²) in [5.74, 6) is 6.75. The van der Waals surface area contributed by atoms with Gasteiger partial charge in [0.2, 0.25) is 0 Å². The molecule has 0 aliphatic heterocycles. The Morgan fingerprint density at radius 2 is 2.24 bits per heavy atom. The lowest BCUT2D eigenvalue weighted by Crippen LogP contribution is -2.22. The second-order valence-electron chi connectivity index (χ2n) is 3.86. The largest absolute Gasteiger partial charge is 0.366 e. The highest BCUT2D eigenvalue weighted by Gasteiger charge is 2.04. The Balaban J connectivity index is 1.95. The number of hydrazine groups is 1.